The lowest BCUT2D eigenvalue weighted by molar-refractivity contribution is 0.482. The standard InChI is InChI=1S/C13H28S8/c14-4-2-1-3-10(13(18)19)12(21-8-6-16)11(9-17)20-7-5-15/h10-19H,1-9H2. The van der Waals surface area contributed by atoms with Gasteiger partial charge in [0.2, 0.25) is 0 Å². The van der Waals surface area contributed by atoms with Crippen LogP contribution in [0.25, 0.3) is 0 Å². The van der Waals surface area contributed by atoms with Crippen LogP contribution in [-0.2, 0) is 0 Å². The Hall–Kier alpha value is 2.80. The Morgan fingerprint density at radius 2 is 1.38 bits per heavy atom. The molecule has 0 saturated carbocycles. The highest BCUT2D eigenvalue weighted by atomic mass is 32.2. The summed E-state index contributed by atoms with van der Waals surface area (Å²) in [6.45, 7) is 0. The van der Waals surface area contributed by atoms with Crippen molar-refractivity contribution in [3.63, 3.8) is 0 Å². The van der Waals surface area contributed by atoms with E-state index in [1.54, 1.807) is 0 Å². The fraction of sp³-hybridized carbons (Fsp3) is 1.00. The van der Waals surface area contributed by atoms with Gasteiger partial charge in [-0.15, -0.1) is 0 Å². The minimum atomic E-state index is 0.112. The van der Waals surface area contributed by atoms with Crippen LogP contribution in [0.3, 0.4) is 0 Å². The van der Waals surface area contributed by atoms with E-state index in [9.17, 15) is 0 Å². The molecule has 0 fully saturated rings. The van der Waals surface area contributed by atoms with Gasteiger partial charge in [0, 0.05) is 32.3 Å². The average Bonchev–Trinajstić information content (AvgIpc) is 2.47. The van der Waals surface area contributed by atoms with Gasteiger partial charge in [-0.25, -0.2) is 0 Å². The molecule has 128 valence electrons. The van der Waals surface area contributed by atoms with Crippen molar-refractivity contribution < 1.29 is 0 Å². The van der Waals surface area contributed by atoms with Gasteiger partial charge >= 0.3 is 0 Å². The summed E-state index contributed by atoms with van der Waals surface area (Å²) in [7, 11) is 0. The monoisotopic (exact) mass is 440 g/mol. The van der Waals surface area contributed by atoms with Gasteiger partial charge < -0.3 is 0 Å². The van der Waals surface area contributed by atoms with Crippen LogP contribution in [0.1, 0.15) is 19.3 Å². The third-order valence-corrected chi connectivity index (χ3v) is 8.90. The van der Waals surface area contributed by atoms with E-state index in [0.717, 1.165) is 47.4 Å². The molecule has 0 nitrogen and oxygen atoms in total. The molecule has 3 atom stereocenters. The van der Waals surface area contributed by atoms with Crippen molar-refractivity contribution in [1.29, 1.82) is 0 Å². The Morgan fingerprint density at radius 3 is 1.86 bits per heavy atom. The minimum Gasteiger partial charge on any atom is -0.179 e. The third-order valence-electron chi connectivity index (χ3n) is 3.12. The number of unbranched alkanes of at least 4 members (excludes halogenated alkanes) is 1. The van der Waals surface area contributed by atoms with Crippen LogP contribution in [0.2, 0.25) is 0 Å². The summed E-state index contributed by atoms with van der Waals surface area (Å²) in [5.41, 5.74) is 0. The molecule has 0 aliphatic rings. The summed E-state index contributed by atoms with van der Waals surface area (Å²) < 4.78 is 0.112. The molecule has 0 aromatic carbocycles. The Labute approximate surface area is 172 Å². The molecule has 0 aliphatic carbocycles. The summed E-state index contributed by atoms with van der Waals surface area (Å²) in [6, 6.07) is 0. The van der Waals surface area contributed by atoms with Gasteiger partial charge in [0.05, 0.1) is 0 Å². The smallest absolute Gasteiger partial charge is 0.0481 e. The molecular weight excluding hydrogens is 413 g/mol. The van der Waals surface area contributed by atoms with Crippen LogP contribution < -0.4 is 0 Å². The molecule has 0 saturated heterocycles. The number of thioether (sulfide) groups is 2. The highest BCUT2D eigenvalue weighted by Gasteiger charge is 2.31. The van der Waals surface area contributed by atoms with Gasteiger partial charge in [-0.2, -0.15) is 99.3 Å². The van der Waals surface area contributed by atoms with Gasteiger partial charge in [0.25, 0.3) is 0 Å². The Kier molecular flexibility index (Phi) is 18.4. The predicted octanol–water partition coefficient (Wildman–Crippen LogP) is 4.88. The molecule has 8 heteroatoms. The quantitative estimate of drug-likeness (QED) is 0.129. The fourth-order valence-electron chi connectivity index (χ4n) is 2.13. The van der Waals surface area contributed by atoms with Crippen LogP contribution in [0, 0.1) is 5.92 Å². The zero-order chi connectivity index (χ0) is 16.1. The van der Waals surface area contributed by atoms with Crippen LogP contribution in [0.4, 0.5) is 0 Å². The first kappa shape index (κ1) is 23.8. The van der Waals surface area contributed by atoms with Gasteiger partial charge in [-0.1, -0.05) is 6.42 Å². The maximum absolute atomic E-state index is 4.64. The zero-order valence-corrected chi connectivity index (χ0v) is 19.2. The van der Waals surface area contributed by atoms with E-state index < -0.39 is 0 Å². The lowest BCUT2D eigenvalue weighted by Gasteiger charge is -2.34. The van der Waals surface area contributed by atoms with Gasteiger partial charge in [0.1, 0.15) is 0 Å². The van der Waals surface area contributed by atoms with Crippen LogP contribution in [0.5, 0.6) is 0 Å². The second kappa shape index (κ2) is 16.3. The molecule has 0 heterocycles. The molecular formula is C13H28S8. The summed E-state index contributed by atoms with van der Waals surface area (Å²) in [5, 5.41) is 1.05. The number of rotatable bonds is 14. The normalized spacial score (nSPS) is 16.1. The van der Waals surface area contributed by atoms with E-state index in [2.05, 4.69) is 75.8 Å². The van der Waals surface area contributed by atoms with E-state index in [1.807, 2.05) is 23.5 Å². The highest BCUT2D eigenvalue weighted by Crippen LogP contribution is 2.38. The largest absolute Gasteiger partial charge is 0.179 e. The van der Waals surface area contributed by atoms with Gasteiger partial charge in [0.15, 0.2) is 0 Å². The topological polar surface area (TPSA) is 0 Å². The fourth-order valence-corrected chi connectivity index (χ4v) is 7.18. The van der Waals surface area contributed by atoms with Crippen molar-refractivity contribution in [3.8, 4) is 0 Å². The molecule has 0 rings (SSSR count). The summed E-state index contributed by atoms with van der Waals surface area (Å²) >= 11 is 30.9. The molecule has 0 aliphatic heterocycles. The Balaban J connectivity index is 4.82. The molecule has 21 heavy (non-hydrogen) atoms. The molecule has 0 radical (unpaired) electrons. The van der Waals surface area contributed by atoms with Crippen molar-refractivity contribution in [3.05, 3.63) is 0 Å². The lowest BCUT2D eigenvalue weighted by Crippen LogP contribution is -2.34. The maximum Gasteiger partial charge on any atom is 0.0481 e. The van der Waals surface area contributed by atoms with Crippen molar-refractivity contribution in [2.24, 2.45) is 5.92 Å². The summed E-state index contributed by atoms with van der Waals surface area (Å²) in [6.07, 6.45) is 3.52. The maximum atomic E-state index is 4.64. The molecule has 3 unspecified atom stereocenters. The molecule has 0 bridgehead atoms. The number of thiol groups is 6. The van der Waals surface area contributed by atoms with Crippen molar-refractivity contribution in [2.75, 3.05) is 34.5 Å². The number of hydrogen-bond donors (Lipinski definition) is 6. The van der Waals surface area contributed by atoms with E-state index in [4.69, 9.17) is 0 Å². The van der Waals surface area contributed by atoms with Crippen LogP contribution >= 0.6 is 99.3 Å². The van der Waals surface area contributed by atoms with Crippen molar-refractivity contribution >= 4 is 99.3 Å². The molecule has 0 N–H and O–H groups in total. The second-order valence-corrected chi connectivity index (χ2v) is 10.5. The van der Waals surface area contributed by atoms with E-state index in [1.165, 1.54) is 6.42 Å². The second-order valence-electron chi connectivity index (χ2n) is 4.67. The van der Waals surface area contributed by atoms with Crippen molar-refractivity contribution in [1.82, 2.24) is 0 Å². The zero-order valence-electron chi connectivity index (χ0n) is 12.2. The van der Waals surface area contributed by atoms with E-state index >= 15 is 0 Å². The Morgan fingerprint density at radius 1 is 0.762 bits per heavy atom. The Bertz CT molecular complexity index is 226. The average molecular weight is 441 g/mol. The summed E-state index contributed by atoms with van der Waals surface area (Å²) in [5.74, 6) is 6.29. The number of hydrogen-bond acceptors (Lipinski definition) is 8. The first-order valence-corrected chi connectivity index (χ1v) is 12.8. The highest BCUT2D eigenvalue weighted by molar-refractivity contribution is 8.05. The van der Waals surface area contributed by atoms with Gasteiger partial charge in [-0.3, -0.25) is 0 Å². The van der Waals surface area contributed by atoms with Gasteiger partial charge in [-0.05, 0) is 36.0 Å². The lowest BCUT2D eigenvalue weighted by atomic mass is 9.98. The van der Waals surface area contributed by atoms with E-state index in [0.29, 0.717) is 16.4 Å². The SMILES string of the molecule is SCCCCC(C(S)S)C(SCCS)C(CS)SCCS. The third kappa shape index (κ3) is 11.1. The van der Waals surface area contributed by atoms with Crippen LogP contribution in [-0.4, -0.2) is 49.6 Å². The molecule has 0 amide bonds. The first-order chi connectivity index (χ1) is 10.1. The van der Waals surface area contributed by atoms with Crippen LogP contribution in [0.15, 0.2) is 0 Å². The predicted molar refractivity (Wildman–Crippen MR) is 127 cm³/mol. The minimum absolute atomic E-state index is 0.112. The van der Waals surface area contributed by atoms with Crippen molar-refractivity contribution in [2.45, 2.75) is 34.3 Å². The molecule has 0 aromatic rings. The first-order valence-electron chi connectivity index (χ1n) is 7.15. The van der Waals surface area contributed by atoms with E-state index in [-0.39, 0.29) is 4.58 Å². The molecule has 0 spiro atoms. The summed E-state index contributed by atoms with van der Waals surface area (Å²) in [4.78, 5) is 0. The molecule has 0 aromatic heterocycles.